The van der Waals surface area contributed by atoms with E-state index in [4.69, 9.17) is 14.4 Å². The number of allylic oxidation sites excluding steroid dienone is 2. The predicted molar refractivity (Wildman–Crippen MR) is 238 cm³/mol. The van der Waals surface area contributed by atoms with Crippen molar-refractivity contribution < 1.29 is 4.42 Å². The van der Waals surface area contributed by atoms with Gasteiger partial charge in [-0.15, -0.1) is 0 Å². The number of rotatable bonds is 6. The Morgan fingerprint density at radius 2 is 1.27 bits per heavy atom. The first-order chi connectivity index (χ1) is 27.7. The number of benzene rings is 8. The molecular weight excluding hydrogens is 683 g/mol. The van der Waals surface area contributed by atoms with E-state index in [0.717, 1.165) is 70.6 Å². The summed E-state index contributed by atoms with van der Waals surface area (Å²) < 4.78 is 6.86. The number of nitrogens with zero attached hydrogens (tertiary/aromatic N) is 3. The van der Waals surface area contributed by atoms with Crippen molar-refractivity contribution >= 4 is 74.1 Å². The summed E-state index contributed by atoms with van der Waals surface area (Å²) in [7, 11) is 0. The predicted octanol–water partition coefficient (Wildman–Crippen LogP) is 11.9. The molecule has 9 rings (SSSR count). The summed E-state index contributed by atoms with van der Waals surface area (Å²) in [4.78, 5) is 14.9. The van der Waals surface area contributed by atoms with Gasteiger partial charge in [-0.1, -0.05) is 164 Å². The summed E-state index contributed by atoms with van der Waals surface area (Å²) in [5.74, 6) is 0.919. The van der Waals surface area contributed by atoms with Crippen LogP contribution < -0.4 is 10.4 Å². The molecule has 0 radical (unpaired) electrons. The largest absolute Gasteiger partial charge is 0.455 e. The van der Waals surface area contributed by atoms with Crippen molar-refractivity contribution in [3.63, 3.8) is 0 Å². The van der Waals surface area contributed by atoms with Gasteiger partial charge in [0.25, 0.3) is 0 Å². The number of aliphatic imine (C=N–C) groups is 3. The molecule has 0 amide bonds. The summed E-state index contributed by atoms with van der Waals surface area (Å²) >= 11 is 0. The molecule has 0 aliphatic carbocycles. The lowest BCUT2D eigenvalue weighted by atomic mass is 9.95. The lowest BCUT2D eigenvalue weighted by molar-refractivity contribution is 0.668. The summed E-state index contributed by atoms with van der Waals surface area (Å²) in [6, 6.07) is 58.7. The fourth-order valence-electron chi connectivity index (χ4n) is 7.43. The highest BCUT2D eigenvalue weighted by molar-refractivity contribution is 6.27. The van der Waals surface area contributed by atoms with Crippen molar-refractivity contribution in [2.75, 3.05) is 0 Å². The Balaban J connectivity index is 1.29. The van der Waals surface area contributed by atoms with E-state index in [0.29, 0.717) is 17.3 Å². The second-order valence-corrected chi connectivity index (χ2v) is 13.6. The van der Waals surface area contributed by atoms with Crippen LogP contribution in [0.15, 0.2) is 201 Å². The van der Waals surface area contributed by atoms with Crippen LogP contribution in [-0.2, 0) is 0 Å². The summed E-state index contributed by atoms with van der Waals surface area (Å²) in [5, 5.41) is 8.55. The normalized spacial score (nSPS) is 13.2. The number of furan rings is 1. The van der Waals surface area contributed by atoms with Crippen LogP contribution in [0.4, 0.5) is 0 Å². The second-order valence-electron chi connectivity index (χ2n) is 13.6. The zero-order valence-corrected chi connectivity index (χ0v) is 30.9. The van der Waals surface area contributed by atoms with Crippen molar-refractivity contribution in [3.8, 4) is 22.3 Å². The molecule has 56 heavy (non-hydrogen) atoms. The van der Waals surface area contributed by atoms with Crippen LogP contribution in [0.25, 0.3) is 78.0 Å². The fourth-order valence-corrected chi connectivity index (χ4v) is 7.43. The topological polar surface area (TPSA) is 50.2 Å². The molecule has 9 aromatic rings. The van der Waals surface area contributed by atoms with Crippen molar-refractivity contribution in [1.29, 1.82) is 0 Å². The molecule has 0 atom stereocenters. The molecule has 8 aromatic carbocycles. The Hall–Kier alpha value is -7.43. The van der Waals surface area contributed by atoms with Crippen LogP contribution in [0.5, 0.6) is 0 Å². The van der Waals surface area contributed by atoms with Gasteiger partial charge < -0.3 is 4.42 Å². The van der Waals surface area contributed by atoms with E-state index in [-0.39, 0.29) is 0 Å². The van der Waals surface area contributed by atoms with Gasteiger partial charge in [-0.05, 0) is 86.9 Å². The first-order valence-electron chi connectivity index (χ1n) is 18.7. The Morgan fingerprint density at radius 3 is 2.07 bits per heavy atom. The molecule has 0 saturated heterocycles. The maximum atomic E-state index is 6.86. The maximum absolute atomic E-state index is 6.86. The van der Waals surface area contributed by atoms with Crippen molar-refractivity contribution in [3.05, 3.63) is 204 Å². The van der Waals surface area contributed by atoms with Crippen molar-refractivity contribution in [1.82, 2.24) is 0 Å². The molecule has 4 nitrogen and oxygen atoms in total. The Bertz CT molecular complexity index is 3150. The molecule has 0 aliphatic heterocycles. The van der Waals surface area contributed by atoms with Gasteiger partial charge in [-0.25, -0.2) is 15.0 Å². The smallest absolute Gasteiger partial charge is 0.165 e. The standard InChI is InChI=1S/C52H37N3O/c1-3-4-15-36-18-11-12-22-43(36)34-54-52(55-51(53-2)42-27-26-40-32-39(24-25-41(40)33-42)35-16-7-5-8-17-35)46-30-29-45(37-19-9-6-10-20-37)49-48-44-23-14-13-21-38(44)28-31-47(48)56-50(46)49/h3-34H,2H2,1H3/b4-3+,36-15-,43-34-,54-52-,55-51-. The van der Waals surface area contributed by atoms with Gasteiger partial charge in [0, 0.05) is 27.8 Å². The fraction of sp³-hybridized carbons (Fsp3) is 0.0192. The minimum atomic E-state index is 0.459. The quantitative estimate of drug-likeness (QED) is 0.125. The molecule has 0 bridgehead atoms. The van der Waals surface area contributed by atoms with Gasteiger partial charge in [0.2, 0.25) is 0 Å². The highest BCUT2D eigenvalue weighted by Crippen LogP contribution is 2.42. The number of fused-ring (bicyclic) bond motifs is 6. The van der Waals surface area contributed by atoms with Gasteiger partial charge in [0.15, 0.2) is 11.7 Å². The van der Waals surface area contributed by atoms with E-state index in [2.05, 4.69) is 163 Å². The molecule has 0 saturated carbocycles. The third kappa shape index (κ3) is 6.54. The van der Waals surface area contributed by atoms with E-state index in [1.807, 2.05) is 49.5 Å². The first-order valence-corrected chi connectivity index (χ1v) is 18.7. The SMILES string of the molecule is C=N\C(=N/C(=N\C=c1\cccc\c1=C\C=C\C)c1ccc(-c2ccccc2)c2c1oc1ccc3ccccc3c12)c1ccc2cc(-c3ccccc3)ccc2c1. The van der Waals surface area contributed by atoms with Gasteiger partial charge >= 0.3 is 0 Å². The van der Waals surface area contributed by atoms with Crippen molar-refractivity contribution in [2.24, 2.45) is 15.0 Å². The minimum absolute atomic E-state index is 0.459. The highest BCUT2D eigenvalue weighted by Gasteiger charge is 2.21. The van der Waals surface area contributed by atoms with Crippen LogP contribution in [0.1, 0.15) is 18.1 Å². The molecule has 0 unspecified atom stereocenters. The second kappa shape index (κ2) is 15.1. The minimum Gasteiger partial charge on any atom is -0.455 e. The number of hydrogen-bond donors (Lipinski definition) is 0. The van der Waals surface area contributed by atoms with E-state index >= 15 is 0 Å². The molecular formula is C52H37N3O. The Kier molecular flexibility index (Phi) is 9.28. The molecule has 1 heterocycles. The first kappa shape index (κ1) is 34.3. The van der Waals surface area contributed by atoms with Crippen molar-refractivity contribution in [2.45, 2.75) is 6.92 Å². The van der Waals surface area contributed by atoms with E-state index in [1.54, 1.807) is 0 Å². The van der Waals surface area contributed by atoms with Gasteiger partial charge in [0.05, 0.1) is 5.56 Å². The maximum Gasteiger partial charge on any atom is 0.165 e. The summed E-state index contributed by atoms with van der Waals surface area (Å²) in [6.07, 6.45) is 7.99. The number of hydrogen-bond acceptors (Lipinski definition) is 2. The number of amidine groups is 2. The lowest BCUT2D eigenvalue weighted by Gasteiger charge is -2.10. The Labute approximate surface area is 325 Å². The molecule has 266 valence electrons. The molecule has 0 N–H and O–H groups in total. The lowest BCUT2D eigenvalue weighted by Crippen LogP contribution is -2.23. The average Bonchev–Trinajstić information content (AvgIpc) is 3.67. The van der Waals surface area contributed by atoms with Gasteiger partial charge in [0.1, 0.15) is 11.2 Å². The Morgan fingerprint density at radius 1 is 0.571 bits per heavy atom. The zero-order valence-electron chi connectivity index (χ0n) is 30.9. The highest BCUT2D eigenvalue weighted by atomic mass is 16.3. The molecule has 0 aliphatic rings. The molecule has 1 aromatic heterocycles. The summed E-state index contributed by atoms with van der Waals surface area (Å²) in [6.45, 7) is 5.99. The van der Waals surface area contributed by atoms with Crippen LogP contribution in [0.2, 0.25) is 0 Å². The summed E-state index contributed by atoms with van der Waals surface area (Å²) in [5.41, 5.74) is 7.61. The van der Waals surface area contributed by atoms with Gasteiger partial charge in [-0.2, -0.15) is 0 Å². The van der Waals surface area contributed by atoms with E-state index in [1.165, 1.54) is 11.1 Å². The van der Waals surface area contributed by atoms with Crippen LogP contribution in [0, 0.1) is 0 Å². The molecule has 4 heteroatoms. The van der Waals surface area contributed by atoms with Crippen LogP contribution >= 0.6 is 0 Å². The monoisotopic (exact) mass is 719 g/mol. The molecule has 0 spiro atoms. The third-order valence-electron chi connectivity index (χ3n) is 10.2. The molecule has 0 fully saturated rings. The third-order valence-corrected chi connectivity index (χ3v) is 10.2. The zero-order chi connectivity index (χ0) is 37.8. The van der Waals surface area contributed by atoms with E-state index in [9.17, 15) is 0 Å². The van der Waals surface area contributed by atoms with Crippen LogP contribution in [-0.4, -0.2) is 18.4 Å². The van der Waals surface area contributed by atoms with E-state index < -0.39 is 0 Å². The average molecular weight is 720 g/mol. The van der Waals surface area contributed by atoms with Gasteiger partial charge in [-0.3, -0.25) is 0 Å². The van der Waals surface area contributed by atoms with Crippen LogP contribution in [0.3, 0.4) is 0 Å².